The minimum Gasteiger partial charge on any atom is -0.312 e. The standard InChI is InChI=1S/C16H18BrClN2S/c1-16(2)7-12(19-3)14-13(8-16)20-15(21-14)9-4-5-10(17)11(18)6-9/h4-6,12,19H,7-8H2,1-3H3. The van der Waals surface area contributed by atoms with Crippen molar-refractivity contribution < 1.29 is 0 Å². The molecule has 1 atom stereocenters. The Morgan fingerprint density at radius 2 is 2.19 bits per heavy atom. The van der Waals surface area contributed by atoms with Crippen LogP contribution in [0.1, 0.15) is 36.9 Å². The van der Waals surface area contributed by atoms with E-state index in [4.69, 9.17) is 16.6 Å². The van der Waals surface area contributed by atoms with Crippen molar-refractivity contribution in [3.8, 4) is 10.6 Å². The Kier molecular flexibility index (Phi) is 4.17. The van der Waals surface area contributed by atoms with Crippen LogP contribution in [0.25, 0.3) is 10.6 Å². The molecule has 1 aliphatic carbocycles. The molecule has 0 radical (unpaired) electrons. The number of aromatic nitrogens is 1. The Bertz CT molecular complexity index is 681. The van der Waals surface area contributed by atoms with Gasteiger partial charge < -0.3 is 5.32 Å². The quantitative estimate of drug-likeness (QED) is 0.742. The minimum absolute atomic E-state index is 0.295. The van der Waals surface area contributed by atoms with Crippen molar-refractivity contribution in [2.75, 3.05) is 7.05 Å². The summed E-state index contributed by atoms with van der Waals surface area (Å²) in [7, 11) is 2.03. The molecule has 0 bridgehead atoms. The molecule has 5 heteroatoms. The third-order valence-electron chi connectivity index (χ3n) is 3.96. The number of nitrogens with zero attached hydrogens (tertiary/aromatic N) is 1. The first-order valence-electron chi connectivity index (χ1n) is 7.02. The van der Waals surface area contributed by atoms with Crippen molar-refractivity contribution in [3.63, 3.8) is 0 Å². The van der Waals surface area contributed by atoms with E-state index < -0.39 is 0 Å². The van der Waals surface area contributed by atoms with Crippen molar-refractivity contribution >= 4 is 38.9 Å². The van der Waals surface area contributed by atoms with E-state index in [-0.39, 0.29) is 0 Å². The van der Waals surface area contributed by atoms with E-state index in [1.807, 2.05) is 19.2 Å². The molecule has 0 spiro atoms. The third kappa shape index (κ3) is 3.04. The number of thiazole rings is 1. The molecule has 0 aliphatic heterocycles. The number of fused-ring (bicyclic) bond motifs is 1. The van der Waals surface area contributed by atoms with Crippen LogP contribution in [0, 0.1) is 5.41 Å². The fraction of sp³-hybridized carbons (Fsp3) is 0.438. The monoisotopic (exact) mass is 384 g/mol. The summed E-state index contributed by atoms with van der Waals surface area (Å²) in [4.78, 5) is 6.27. The summed E-state index contributed by atoms with van der Waals surface area (Å²) < 4.78 is 0.920. The molecule has 3 rings (SSSR count). The molecule has 0 amide bonds. The molecule has 2 nitrogen and oxygen atoms in total. The summed E-state index contributed by atoms with van der Waals surface area (Å²) in [5, 5.41) is 5.23. The van der Waals surface area contributed by atoms with Crippen LogP contribution in [0.4, 0.5) is 0 Å². The predicted octanol–water partition coefficient (Wildman–Crippen LogP) is 5.46. The third-order valence-corrected chi connectivity index (χ3v) is 6.45. The lowest BCUT2D eigenvalue weighted by atomic mass is 9.76. The number of hydrogen-bond donors (Lipinski definition) is 1. The Morgan fingerprint density at radius 1 is 1.43 bits per heavy atom. The zero-order chi connectivity index (χ0) is 15.2. The van der Waals surface area contributed by atoms with E-state index in [2.05, 4.69) is 41.2 Å². The topological polar surface area (TPSA) is 24.9 Å². The lowest BCUT2D eigenvalue weighted by molar-refractivity contribution is 0.265. The molecule has 21 heavy (non-hydrogen) atoms. The van der Waals surface area contributed by atoms with Crippen LogP contribution in [-0.4, -0.2) is 12.0 Å². The van der Waals surface area contributed by atoms with Crippen LogP contribution in [0.15, 0.2) is 22.7 Å². The number of hydrogen-bond acceptors (Lipinski definition) is 3. The Labute approximate surface area is 143 Å². The van der Waals surface area contributed by atoms with E-state index in [0.29, 0.717) is 11.5 Å². The fourth-order valence-corrected chi connectivity index (χ4v) is 4.53. The average Bonchev–Trinajstić information content (AvgIpc) is 2.83. The van der Waals surface area contributed by atoms with Gasteiger partial charge in [0.25, 0.3) is 0 Å². The molecule has 1 aromatic carbocycles. The maximum Gasteiger partial charge on any atom is 0.123 e. The second kappa shape index (κ2) is 5.65. The molecule has 1 N–H and O–H groups in total. The lowest BCUT2D eigenvalue weighted by Crippen LogP contribution is -2.30. The molecule has 0 saturated carbocycles. The van der Waals surface area contributed by atoms with Gasteiger partial charge in [-0.3, -0.25) is 0 Å². The van der Waals surface area contributed by atoms with Gasteiger partial charge in [-0.15, -0.1) is 11.3 Å². The van der Waals surface area contributed by atoms with Crippen molar-refractivity contribution in [2.24, 2.45) is 5.41 Å². The highest BCUT2D eigenvalue weighted by Crippen LogP contribution is 2.45. The molecule has 1 heterocycles. The van der Waals surface area contributed by atoms with E-state index >= 15 is 0 Å². The smallest absolute Gasteiger partial charge is 0.123 e. The number of benzene rings is 1. The van der Waals surface area contributed by atoms with E-state index in [0.717, 1.165) is 32.9 Å². The van der Waals surface area contributed by atoms with Gasteiger partial charge >= 0.3 is 0 Å². The highest BCUT2D eigenvalue weighted by molar-refractivity contribution is 9.10. The van der Waals surface area contributed by atoms with Gasteiger partial charge in [-0.25, -0.2) is 4.98 Å². The fourth-order valence-electron chi connectivity index (χ4n) is 2.92. The molecular formula is C16H18BrClN2S. The Hall–Kier alpha value is -0.420. The van der Waals surface area contributed by atoms with Gasteiger partial charge in [-0.2, -0.15) is 0 Å². The largest absolute Gasteiger partial charge is 0.312 e. The van der Waals surface area contributed by atoms with Crippen molar-refractivity contribution in [2.45, 2.75) is 32.7 Å². The highest BCUT2D eigenvalue weighted by Gasteiger charge is 2.34. The van der Waals surface area contributed by atoms with Crippen molar-refractivity contribution in [3.05, 3.63) is 38.3 Å². The summed E-state index contributed by atoms with van der Waals surface area (Å²) in [6, 6.07) is 6.44. The van der Waals surface area contributed by atoms with Gasteiger partial charge in [-0.1, -0.05) is 31.5 Å². The van der Waals surface area contributed by atoms with Crippen molar-refractivity contribution in [1.29, 1.82) is 0 Å². The van der Waals surface area contributed by atoms with Gasteiger partial charge in [0.15, 0.2) is 0 Å². The summed E-state index contributed by atoms with van der Waals surface area (Å²) in [6.45, 7) is 4.63. The SMILES string of the molecule is CNC1CC(C)(C)Cc2nc(-c3ccc(Br)c(Cl)c3)sc21. The Balaban J connectivity index is 2.04. The van der Waals surface area contributed by atoms with Crippen LogP contribution in [0.3, 0.4) is 0 Å². The Morgan fingerprint density at radius 3 is 2.86 bits per heavy atom. The van der Waals surface area contributed by atoms with Gasteiger partial charge in [0.1, 0.15) is 5.01 Å². The molecular weight excluding hydrogens is 368 g/mol. The molecule has 1 aliphatic rings. The maximum absolute atomic E-state index is 6.21. The molecule has 0 fully saturated rings. The van der Waals surface area contributed by atoms with Crippen LogP contribution in [-0.2, 0) is 6.42 Å². The molecule has 112 valence electrons. The van der Waals surface area contributed by atoms with Crippen LogP contribution >= 0.6 is 38.9 Å². The molecule has 0 saturated heterocycles. The first kappa shape index (κ1) is 15.5. The predicted molar refractivity (Wildman–Crippen MR) is 94.2 cm³/mol. The van der Waals surface area contributed by atoms with Crippen LogP contribution in [0.2, 0.25) is 5.02 Å². The first-order valence-corrected chi connectivity index (χ1v) is 9.01. The minimum atomic E-state index is 0.295. The van der Waals surface area contributed by atoms with E-state index in [1.165, 1.54) is 10.6 Å². The van der Waals surface area contributed by atoms with E-state index in [9.17, 15) is 0 Å². The zero-order valence-corrected chi connectivity index (χ0v) is 15.5. The highest BCUT2D eigenvalue weighted by atomic mass is 79.9. The molecule has 1 aromatic heterocycles. The van der Waals surface area contributed by atoms with Gasteiger partial charge in [0, 0.05) is 21.0 Å². The average molecular weight is 386 g/mol. The number of halogens is 2. The van der Waals surface area contributed by atoms with Crippen LogP contribution < -0.4 is 5.32 Å². The number of nitrogens with one attached hydrogen (secondary N) is 1. The zero-order valence-electron chi connectivity index (χ0n) is 12.3. The van der Waals surface area contributed by atoms with Crippen LogP contribution in [0.5, 0.6) is 0 Å². The summed E-state index contributed by atoms with van der Waals surface area (Å²) >= 11 is 11.4. The summed E-state index contributed by atoms with van der Waals surface area (Å²) in [6.07, 6.45) is 2.19. The normalized spacial score (nSPS) is 20.3. The maximum atomic E-state index is 6.21. The second-order valence-corrected chi connectivity index (χ2v) is 8.64. The summed E-state index contributed by atoms with van der Waals surface area (Å²) in [5.74, 6) is 0. The summed E-state index contributed by atoms with van der Waals surface area (Å²) in [5.41, 5.74) is 2.63. The number of rotatable bonds is 2. The molecule has 1 unspecified atom stereocenters. The second-order valence-electron chi connectivity index (χ2n) is 6.35. The van der Waals surface area contributed by atoms with Gasteiger partial charge in [0.05, 0.1) is 10.7 Å². The molecule has 2 aromatic rings. The van der Waals surface area contributed by atoms with Gasteiger partial charge in [0.2, 0.25) is 0 Å². The first-order chi connectivity index (χ1) is 9.89. The van der Waals surface area contributed by atoms with E-state index in [1.54, 1.807) is 11.3 Å². The van der Waals surface area contributed by atoms with Crippen molar-refractivity contribution in [1.82, 2.24) is 10.3 Å². The lowest BCUT2D eigenvalue weighted by Gasteiger charge is -2.34. The van der Waals surface area contributed by atoms with Gasteiger partial charge in [-0.05, 0) is 53.4 Å².